The van der Waals surface area contributed by atoms with Crippen molar-refractivity contribution < 1.29 is 9.66 Å². The van der Waals surface area contributed by atoms with E-state index in [1.54, 1.807) is 7.11 Å². The lowest BCUT2D eigenvalue weighted by Gasteiger charge is -2.28. The van der Waals surface area contributed by atoms with Gasteiger partial charge in [-0.2, -0.15) is 0 Å². The lowest BCUT2D eigenvalue weighted by molar-refractivity contribution is -0.384. The number of aromatic nitrogens is 2. The van der Waals surface area contributed by atoms with Crippen LogP contribution in [0.15, 0.2) is 15.0 Å². The van der Waals surface area contributed by atoms with E-state index in [2.05, 4.69) is 47.1 Å². The number of piperazine rings is 1. The molecule has 0 amide bonds. The Morgan fingerprint density at radius 1 is 1.40 bits per heavy atom. The average molecular weight is 500 g/mol. The summed E-state index contributed by atoms with van der Waals surface area (Å²) in [5.74, 6) is 0.747. The molecule has 8 nitrogen and oxygen atoms in total. The van der Waals surface area contributed by atoms with E-state index in [9.17, 15) is 10.1 Å². The zero-order valence-electron chi connectivity index (χ0n) is 13.5. The van der Waals surface area contributed by atoms with Crippen molar-refractivity contribution in [3.63, 3.8) is 0 Å². The molecule has 3 rings (SSSR count). The van der Waals surface area contributed by atoms with Crippen molar-refractivity contribution in [2.45, 2.75) is 6.54 Å². The zero-order valence-corrected chi connectivity index (χ0v) is 17.5. The number of methoxy groups -OCH3 is 1. The number of ether oxygens (including phenoxy) is 1. The topological polar surface area (TPSA) is 85.5 Å². The van der Waals surface area contributed by atoms with Crippen LogP contribution in [0, 0.1) is 10.1 Å². The van der Waals surface area contributed by atoms with Gasteiger partial charge in [-0.1, -0.05) is 0 Å². The molecule has 1 aliphatic rings. The summed E-state index contributed by atoms with van der Waals surface area (Å²) in [5.41, 5.74) is 1.09. The molecule has 1 fully saturated rings. The smallest absolute Gasteiger partial charge is 0.312 e. The SMILES string of the molecule is COCCn1c(N2CCNCC2)nc2c([N+](=O)[O-])c(Br)c(Br)cc21.Cl. The normalized spacial score (nSPS) is 14.6. The van der Waals surface area contributed by atoms with E-state index in [4.69, 9.17) is 4.74 Å². The van der Waals surface area contributed by atoms with Crippen molar-refractivity contribution in [3.05, 3.63) is 25.1 Å². The quantitative estimate of drug-likeness (QED) is 0.503. The number of hydrogen-bond donors (Lipinski definition) is 1. The van der Waals surface area contributed by atoms with E-state index in [0.29, 0.717) is 27.6 Å². The van der Waals surface area contributed by atoms with Crippen molar-refractivity contribution >= 4 is 66.9 Å². The van der Waals surface area contributed by atoms with Crippen LogP contribution in [0.3, 0.4) is 0 Å². The highest BCUT2D eigenvalue weighted by Crippen LogP contribution is 2.40. The molecule has 0 unspecified atom stereocenters. The van der Waals surface area contributed by atoms with Crippen LogP contribution in [0.2, 0.25) is 0 Å². The fourth-order valence-corrected chi connectivity index (χ4v) is 3.70. The Morgan fingerprint density at radius 3 is 2.68 bits per heavy atom. The van der Waals surface area contributed by atoms with Gasteiger partial charge in [-0.3, -0.25) is 10.1 Å². The molecular formula is C14H18Br2ClN5O3. The summed E-state index contributed by atoms with van der Waals surface area (Å²) in [6.45, 7) is 4.44. The molecule has 2 aromatic rings. The number of nitro groups is 1. The van der Waals surface area contributed by atoms with Crippen molar-refractivity contribution in [1.29, 1.82) is 0 Å². The van der Waals surface area contributed by atoms with E-state index < -0.39 is 4.92 Å². The number of nitrogens with one attached hydrogen (secondary N) is 1. The van der Waals surface area contributed by atoms with Crippen LogP contribution in [0.4, 0.5) is 11.6 Å². The Labute approximate surface area is 167 Å². The van der Waals surface area contributed by atoms with Crippen LogP contribution in [-0.2, 0) is 11.3 Å². The largest absolute Gasteiger partial charge is 0.383 e. The first kappa shape index (κ1) is 20.4. The highest BCUT2D eigenvalue weighted by molar-refractivity contribution is 9.13. The first-order valence-electron chi connectivity index (χ1n) is 7.51. The molecule has 25 heavy (non-hydrogen) atoms. The van der Waals surface area contributed by atoms with Crippen molar-refractivity contribution in [2.24, 2.45) is 0 Å². The number of nitrogens with zero attached hydrogens (tertiary/aromatic N) is 4. The predicted octanol–water partition coefficient (Wildman–Crippen LogP) is 2.95. The van der Waals surface area contributed by atoms with E-state index >= 15 is 0 Å². The second-order valence-electron chi connectivity index (χ2n) is 5.44. The van der Waals surface area contributed by atoms with E-state index in [-0.39, 0.29) is 18.1 Å². The van der Waals surface area contributed by atoms with Gasteiger partial charge in [0, 0.05) is 44.3 Å². The van der Waals surface area contributed by atoms with Gasteiger partial charge in [0.2, 0.25) is 5.95 Å². The monoisotopic (exact) mass is 497 g/mol. The van der Waals surface area contributed by atoms with Gasteiger partial charge in [-0.25, -0.2) is 4.98 Å². The number of nitro benzene ring substituents is 1. The first-order valence-corrected chi connectivity index (χ1v) is 9.10. The third kappa shape index (κ3) is 3.92. The summed E-state index contributed by atoms with van der Waals surface area (Å²) in [5, 5.41) is 14.9. The second-order valence-corrected chi connectivity index (χ2v) is 7.09. The van der Waals surface area contributed by atoms with Gasteiger partial charge in [0.1, 0.15) is 4.47 Å². The van der Waals surface area contributed by atoms with Crippen LogP contribution in [-0.4, -0.2) is 54.4 Å². The minimum atomic E-state index is -0.396. The Balaban J connectivity index is 0.00000225. The molecule has 0 radical (unpaired) electrons. The number of anilines is 1. The van der Waals surface area contributed by atoms with Gasteiger partial charge >= 0.3 is 5.69 Å². The van der Waals surface area contributed by atoms with E-state index in [1.165, 1.54) is 0 Å². The molecule has 0 bridgehead atoms. The van der Waals surface area contributed by atoms with Gasteiger partial charge in [0.25, 0.3) is 0 Å². The Hall–Kier alpha value is -0.940. The number of fused-ring (bicyclic) bond motifs is 1. The van der Waals surface area contributed by atoms with Crippen molar-refractivity contribution in [2.75, 3.05) is 44.8 Å². The van der Waals surface area contributed by atoms with Crippen LogP contribution in [0.5, 0.6) is 0 Å². The highest BCUT2D eigenvalue weighted by Gasteiger charge is 2.27. The molecule has 11 heteroatoms. The number of rotatable bonds is 5. The van der Waals surface area contributed by atoms with Crippen LogP contribution >= 0.6 is 44.3 Å². The Morgan fingerprint density at radius 2 is 2.08 bits per heavy atom. The predicted molar refractivity (Wildman–Crippen MR) is 106 cm³/mol. The molecule has 1 aliphatic heterocycles. The number of halogens is 3. The van der Waals surface area contributed by atoms with Gasteiger partial charge < -0.3 is 19.5 Å². The number of imidazole rings is 1. The van der Waals surface area contributed by atoms with E-state index in [0.717, 1.165) is 37.6 Å². The summed E-state index contributed by atoms with van der Waals surface area (Å²) < 4.78 is 8.24. The molecule has 1 aromatic carbocycles. The zero-order chi connectivity index (χ0) is 17.3. The van der Waals surface area contributed by atoms with Crippen LogP contribution < -0.4 is 10.2 Å². The molecular weight excluding hydrogens is 481 g/mol. The lowest BCUT2D eigenvalue weighted by atomic mass is 10.2. The average Bonchev–Trinajstić information content (AvgIpc) is 2.92. The molecule has 2 heterocycles. The Kier molecular flexibility index (Phi) is 7.03. The maximum Gasteiger partial charge on any atom is 0.312 e. The standard InChI is InChI=1S/C14H17Br2N5O3.ClH/c1-24-7-6-20-10-8-9(15)11(16)13(21(22)23)12(10)18-14(20)19-4-2-17-3-5-19;/h8,17H,2-7H2,1H3;1H. The fourth-order valence-electron chi connectivity index (χ4n) is 2.85. The Bertz CT molecular complexity index is 780. The van der Waals surface area contributed by atoms with Gasteiger partial charge in [0.05, 0.1) is 17.0 Å². The van der Waals surface area contributed by atoms with Crippen LogP contribution in [0.25, 0.3) is 11.0 Å². The summed E-state index contributed by atoms with van der Waals surface area (Å²) in [7, 11) is 1.64. The molecule has 0 spiro atoms. The second kappa shape index (κ2) is 8.63. The third-order valence-corrected chi connectivity index (χ3v) is 5.95. The van der Waals surface area contributed by atoms with Gasteiger partial charge in [-0.15, -0.1) is 12.4 Å². The maximum atomic E-state index is 11.6. The molecule has 0 saturated carbocycles. The molecule has 0 aliphatic carbocycles. The minimum Gasteiger partial charge on any atom is -0.383 e. The maximum absolute atomic E-state index is 11.6. The van der Waals surface area contributed by atoms with Gasteiger partial charge in [-0.05, 0) is 37.9 Å². The highest BCUT2D eigenvalue weighted by atomic mass is 79.9. The molecule has 1 saturated heterocycles. The number of benzene rings is 1. The summed E-state index contributed by atoms with van der Waals surface area (Å²) >= 11 is 6.69. The minimum absolute atomic E-state index is 0. The lowest BCUT2D eigenvalue weighted by Crippen LogP contribution is -2.44. The molecule has 1 N–H and O–H groups in total. The summed E-state index contributed by atoms with van der Waals surface area (Å²) in [6.07, 6.45) is 0. The van der Waals surface area contributed by atoms with Crippen LogP contribution in [0.1, 0.15) is 0 Å². The van der Waals surface area contributed by atoms with Crippen molar-refractivity contribution in [1.82, 2.24) is 14.9 Å². The third-order valence-electron chi connectivity index (χ3n) is 3.99. The summed E-state index contributed by atoms with van der Waals surface area (Å²) in [4.78, 5) is 17.9. The molecule has 0 atom stereocenters. The molecule has 1 aromatic heterocycles. The fraction of sp³-hybridized carbons (Fsp3) is 0.500. The molecule has 138 valence electrons. The first-order chi connectivity index (χ1) is 11.5. The van der Waals surface area contributed by atoms with Crippen molar-refractivity contribution in [3.8, 4) is 0 Å². The number of hydrogen-bond acceptors (Lipinski definition) is 6. The summed E-state index contributed by atoms with van der Waals surface area (Å²) in [6, 6.07) is 1.86. The van der Waals surface area contributed by atoms with E-state index in [1.807, 2.05) is 10.6 Å². The van der Waals surface area contributed by atoms with Gasteiger partial charge in [0.15, 0.2) is 5.52 Å².